The lowest BCUT2D eigenvalue weighted by atomic mass is 10.1. The Morgan fingerprint density at radius 1 is 1.10 bits per heavy atom. The van der Waals surface area contributed by atoms with Crippen molar-refractivity contribution in [3.8, 4) is 21.8 Å². The highest BCUT2D eigenvalue weighted by molar-refractivity contribution is 7.13. The summed E-state index contributed by atoms with van der Waals surface area (Å²) in [6, 6.07) is 14.1. The molecule has 0 fully saturated rings. The zero-order valence-corrected chi connectivity index (χ0v) is 16.6. The molecule has 0 radical (unpaired) electrons. The maximum Gasteiger partial charge on any atom is 0.358 e. The third kappa shape index (κ3) is 3.64. The highest BCUT2D eigenvalue weighted by atomic mass is 32.1. The monoisotopic (exact) mass is 408 g/mol. The smallest absolute Gasteiger partial charge is 0.358 e. The van der Waals surface area contributed by atoms with Gasteiger partial charge in [0.15, 0.2) is 5.70 Å². The molecule has 0 saturated heterocycles. The summed E-state index contributed by atoms with van der Waals surface area (Å²) in [6.45, 7) is 0. The van der Waals surface area contributed by atoms with E-state index in [0.717, 1.165) is 32.7 Å². The Labute approximate surface area is 170 Å². The quantitative estimate of drug-likeness (QED) is 0.259. The van der Waals surface area contributed by atoms with Crippen molar-refractivity contribution in [3.63, 3.8) is 0 Å². The molecule has 0 spiro atoms. The summed E-state index contributed by atoms with van der Waals surface area (Å²) in [5.74, 6) is -0.774. The molecule has 2 heterocycles. The van der Waals surface area contributed by atoms with Gasteiger partial charge in [0, 0.05) is 22.7 Å². The summed E-state index contributed by atoms with van der Waals surface area (Å²) >= 11 is 1.49. The van der Waals surface area contributed by atoms with Gasteiger partial charge < -0.3 is 14.0 Å². The number of hydrogen-bond donors (Lipinski definition) is 0. The number of carbonyl (C=O) groups is 1. The Morgan fingerprint density at radius 2 is 1.86 bits per heavy atom. The molecule has 2 aromatic carbocycles. The van der Waals surface area contributed by atoms with E-state index in [0.29, 0.717) is 0 Å². The lowest BCUT2D eigenvalue weighted by Crippen LogP contribution is -2.10. The van der Waals surface area contributed by atoms with Crippen molar-refractivity contribution in [2.45, 2.75) is 0 Å². The van der Waals surface area contributed by atoms with Crippen LogP contribution in [0.3, 0.4) is 0 Å². The van der Waals surface area contributed by atoms with Gasteiger partial charge in [-0.05, 0) is 41.8 Å². The van der Waals surface area contributed by atoms with Crippen LogP contribution in [0.4, 0.5) is 4.39 Å². The van der Waals surface area contributed by atoms with Crippen LogP contribution in [0.1, 0.15) is 0 Å². The fourth-order valence-corrected chi connectivity index (χ4v) is 3.88. The molecule has 29 heavy (non-hydrogen) atoms. The van der Waals surface area contributed by atoms with Gasteiger partial charge in [-0.1, -0.05) is 12.1 Å². The van der Waals surface area contributed by atoms with Crippen LogP contribution in [-0.2, 0) is 14.3 Å². The molecule has 5 nitrogen and oxygen atoms in total. The zero-order chi connectivity index (χ0) is 20.4. The Kier molecular flexibility index (Phi) is 5.14. The summed E-state index contributed by atoms with van der Waals surface area (Å²) < 4.78 is 24.8. The van der Waals surface area contributed by atoms with Gasteiger partial charge in [0.05, 0.1) is 25.4 Å². The number of rotatable bonds is 5. The largest absolute Gasteiger partial charge is 0.502 e. The molecule has 0 amide bonds. The van der Waals surface area contributed by atoms with E-state index in [-0.39, 0.29) is 11.5 Å². The third-order valence-electron chi connectivity index (χ3n) is 4.47. The molecule has 0 atom stereocenters. The van der Waals surface area contributed by atoms with E-state index >= 15 is 0 Å². The molecule has 4 aromatic rings. The molecular formula is C22H17FN2O3S. The number of benzene rings is 2. The number of nitrogens with zero attached hydrogens (tertiary/aromatic N) is 2. The number of thiazole rings is 1. The highest BCUT2D eigenvalue weighted by Gasteiger charge is 2.16. The van der Waals surface area contributed by atoms with Gasteiger partial charge in [-0.15, -0.1) is 11.3 Å². The number of aromatic nitrogens is 2. The van der Waals surface area contributed by atoms with Crippen molar-refractivity contribution in [3.05, 3.63) is 72.2 Å². The minimum atomic E-state index is -0.498. The molecule has 2 aromatic heterocycles. The van der Waals surface area contributed by atoms with Gasteiger partial charge in [-0.2, -0.15) is 0 Å². The molecule has 0 saturated carbocycles. The van der Waals surface area contributed by atoms with E-state index in [9.17, 15) is 9.18 Å². The van der Waals surface area contributed by atoms with Crippen LogP contribution in [0.25, 0.3) is 38.4 Å². The normalized spacial score (nSPS) is 11.6. The first-order valence-corrected chi connectivity index (χ1v) is 9.63. The average Bonchev–Trinajstić information content (AvgIpc) is 3.39. The van der Waals surface area contributed by atoms with Gasteiger partial charge in [0.25, 0.3) is 0 Å². The number of ether oxygens (including phenoxy) is 2. The molecule has 0 unspecified atom stereocenters. The van der Waals surface area contributed by atoms with Crippen LogP contribution in [0.15, 0.2) is 66.4 Å². The fourth-order valence-electron chi connectivity index (χ4n) is 3.05. The molecule has 0 aliphatic rings. The van der Waals surface area contributed by atoms with Gasteiger partial charge in [0.2, 0.25) is 0 Å². The van der Waals surface area contributed by atoms with E-state index in [2.05, 4.69) is 4.98 Å². The summed E-state index contributed by atoms with van der Waals surface area (Å²) in [7, 11) is 2.81. The van der Waals surface area contributed by atoms with E-state index in [1.807, 2.05) is 29.6 Å². The molecule has 0 bridgehead atoms. The minimum Gasteiger partial charge on any atom is -0.502 e. The standard InChI is InChI=1S/C22H17FN2O3S/c1-27-12-20(22(26)28-2)25-10-9-14-3-4-16(11-19(14)25)18-13-29-21(24-18)15-5-7-17(23)8-6-15/h3-13H,1-2H3. The van der Waals surface area contributed by atoms with Crippen LogP contribution < -0.4 is 0 Å². The second-order valence-electron chi connectivity index (χ2n) is 6.23. The van der Waals surface area contributed by atoms with Gasteiger partial charge >= 0.3 is 5.97 Å². The number of halogens is 1. The first kappa shape index (κ1) is 18.9. The van der Waals surface area contributed by atoms with E-state index in [1.54, 1.807) is 22.9 Å². The Balaban J connectivity index is 1.75. The SMILES string of the molecule is COC=C(C(=O)OC)n1ccc2ccc(-c3csc(-c4ccc(F)cc4)n3)cc21. The molecule has 146 valence electrons. The third-order valence-corrected chi connectivity index (χ3v) is 5.36. The zero-order valence-electron chi connectivity index (χ0n) is 15.8. The van der Waals surface area contributed by atoms with Crippen molar-refractivity contribution >= 4 is 33.9 Å². The number of carbonyl (C=O) groups excluding carboxylic acids is 1. The maximum absolute atomic E-state index is 13.2. The number of methoxy groups -OCH3 is 2. The molecule has 0 aliphatic heterocycles. The lowest BCUT2D eigenvalue weighted by molar-refractivity contribution is -0.134. The average molecular weight is 408 g/mol. The van der Waals surface area contributed by atoms with Crippen LogP contribution >= 0.6 is 11.3 Å². The fraction of sp³-hybridized carbons (Fsp3) is 0.0909. The minimum absolute atomic E-state index is 0.271. The topological polar surface area (TPSA) is 53.4 Å². The summed E-state index contributed by atoms with van der Waals surface area (Å²) in [5.41, 5.74) is 3.67. The van der Waals surface area contributed by atoms with Gasteiger partial charge in [0.1, 0.15) is 17.1 Å². The molecule has 4 rings (SSSR count). The van der Waals surface area contributed by atoms with Gasteiger partial charge in [-0.25, -0.2) is 14.2 Å². The predicted octanol–water partition coefficient (Wildman–Crippen LogP) is 5.19. The van der Waals surface area contributed by atoms with Crippen LogP contribution in [-0.4, -0.2) is 29.7 Å². The molecular weight excluding hydrogens is 391 g/mol. The second-order valence-corrected chi connectivity index (χ2v) is 7.09. The molecule has 0 N–H and O–H groups in total. The predicted molar refractivity (Wildman–Crippen MR) is 112 cm³/mol. The van der Waals surface area contributed by atoms with E-state index in [1.165, 1.54) is 44.0 Å². The summed E-state index contributed by atoms with van der Waals surface area (Å²) in [4.78, 5) is 16.8. The number of hydrogen-bond acceptors (Lipinski definition) is 5. The Morgan fingerprint density at radius 3 is 2.59 bits per heavy atom. The Bertz CT molecular complexity index is 1210. The van der Waals surface area contributed by atoms with Crippen molar-refractivity contribution in [1.82, 2.24) is 9.55 Å². The Hall–Kier alpha value is -3.45. The summed E-state index contributed by atoms with van der Waals surface area (Å²) in [5, 5.41) is 3.73. The van der Waals surface area contributed by atoms with Crippen LogP contribution in [0.2, 0.25) is 0 Å². The first-order valence-electron chi connectivity index (χ1n) is 8.75. The van der Waals surface area contributed by atoms with Crippen LogP contribution in [0.5, 0.6) is 0 Å². The van der Waals surface area contributed by atoms with Crippen LogP contribution in [0, 0.1) is 5.82 Å². The number of esters is 1. The highest BCUT2D eigenvalue weighted by Crippen LogP contribution is 2.31. The molecule has 0 aliphatic carbocycles. The van der Waals surface area contributed by atoms with Gasteiger partial charge in [-0.3, -0.25) is 0 Å². The lowest BCUT2D eigenvalue weighted by Gasteiger charge is -2.09. The second kappa shape index (κ2) is 7.89. The van der Waals surface area contributed by atoms with Crippen molar-refractivity contribution in [2.24, 2.45) is 0 Å². The van der Waals surface area contributed by atoms with Crippen molar-refractivity contribution in [1.29, 1.82) is 0 Å². The number of fused-ring (bicyclic) bond motifs is 1. The molecule has 7 heteroatoms. The first-order chi connectivity index (χ1) is 14.1. The summed E-state index contributed by atoms with van der Waals surface area (Å²) in [6.07, 6.45) is 3.15. The van der Waals surface area contributed by atoms with Crippen molar-refractivity contribution < 1.29 is 18.7 Å². The maximum atomic E-state index is 13.2. The van der Waals surface area contributed by atoms with Crippen molar-refractivity contribution in [2.75, 3.05) is 14.2 Å². The van der Waals surface area contributed by atoms with E-state index < -0.39 is 5.97 Å². The van der Waals surface area contributed by atoms with E-state index in [4.69, 9.17) is 9.47 Å².